The number of aryl methyl sites for hydroxylation is 1. The van der Waals surface area contributed by atoms with E-state index in [0.29, 0.717) is 10.8 Å². The zero-order chi connectivity index (χ0) is 13.2. The van der Waals surface area contributed by atoms with Gasteiger partial charge in [-0.2, -0.15) is 0 Å². The second-order valence-corrected chi connectivity index (χ2v) is 7.55. The molecule has 0 heterocycles. The van der Waals surface area contributed by atoms with Crippen molar-refractivity contribution in [1.29, 1.82) is 0 Å². The first kappa shape index (κ1) is 14.1. The quantitative estimate of drug-likeness (QED) is 0.648. The van der Waals surface area contributed by atoms with Gasteiger partial charge < -0.3 is 0 Å². The molecule has 0 aliphatic heterocycles. The second kappa shape index (κ2) is 5.36. The Hall–Kier alpha value is -0.300. The largest absolute Gasteiger partial charge is 0.0918 e. The number of benzene rings is 1. The molecule has 0 fully saturated rings. The molecule has 0 nitrogen and oxygen atoms in total. The highest BCUT2D eigenvalue weighted by Gasteiger charge is 2.35. The smallest absolute Gasteiger partial charge is 0.0129 e. The van der Waals surface area contributed by atoms with Crippen LogP contribution < -0.4 is 0 Å². The third-order valence-electron chi connectivity index (χ3n) is 4.30. The third kappa shape index (κ3) is 2.99. The summed E-state index contributed by atoms with van der Waals surface area (Å²) >= 11 is 3.81. The zero-order valence-corrected chi connectivity index (χ0v) is 13.5. The van der Waals surface area contributed by atoms with Crippen LogP contribution in [-0.2, 0) is 11.8 Å². The first-order valence-electron chi connectivity index (χ1n) is 7.11. The normalized spacial score (nSPS) is 23.8. The lowest BCUT2D eigenvalue weighted by Gasteiger charge is -2.39. The molecule has 0 bridgehead atoms. The Morgan fingerprint density at radius 2 is 1.94 bits per heavy atom. The van der Waals surface area contributed by atoms with Crippen LogP contribution >= 0.6 is 15.9 Å². The summed E-state index contributed by atoms with van der Waals surface area (Å²) < 4.78 is 0. The number of rotatable bonds is 3. The SMILES string of the molecule is CC(C)(C)CCC1(CBr)CCCc2ccccc21. The van der Waals surface area contributed by atoms with Gasteiger partial charge in [0.25, 0.3) is 0 Å². The molecule has 0 aromatic heterocycles. The van der Waals surface area contributed by atoms with Gasteiger partial charge in [-0.25, -0.2) is 0 Å². The molecule has 1 aromatic carbocycles. The number of fused-ring (bicyclic) bond motifs is 1. The first-order chi connectivity index (χ1) is 8.47. The second-order valence-electron chi connectivity index (χ2n) is 6.99. The van der Waals surface area contributed by atoms with Crippen molar-refractivity contribution >= 4 is 15.9 Å². The van der Waals surface area contributed by atoms with Gasteiger partial charge in [0.1, 0.15) is 0 Å². The monoisotopic (exact) mass is 308 g/mol. The van der Waals surface area contributed by atoms with Crippen molar-refractivity contribution in [1.82, 2.24) is 0 Å². The summed E-state index contributed by atoms with van der Waals surface area (Å²) in [4.78, 5) is 0. The van der Waals surface area contributed by atoms with E-state index in [1.54, 1.807) is 11.1 Å². The minimum atomic E-state index is 0.377. The number of hydrogen-bond acceptors (Lipinski definition) is 0. The highest BCUT2D eigenvalue weighted by atomic mass is 79.9. The van der Waals surface area contributed by atoms with Crippen molar-refractivity contribution in [3.8, 4) is 0 Å². The molecule has 1 aliphatic rings. The molecule has 1 unspecified atom stereocenters. The molecule has 0 amide bonds. The fraction of sp³-hybridized carbons (Fsp3) is 0.647. The lowest BCUT2D eigenvalue weighted by molar-refractivity contribution is 0.284. The summed E-state index contributed by atoms with van der Waals surface area (Å²) in [5.41, 5.74) is 4.00. The predicted molar refractivity (Wildman–Crippen MR) is 83.5 cm³/mol. The lowest BCUT2D eigenvalue weighted by Crippen LogP contribution is -2.33. The van der Waals surface area contributed by atoms with Crippen molar-refractivity contribution in [3.63, 3.8) is 0 Å². The summed E-state index contributed by atoms with van der Waals surface area (Å²) in [6, 6.07) is 9.08. The standard InChI is InChI=1S/C17H25Br/c1-16(2,3)11-12-17(13-18)10-6-8-14-7-4-5-9-15(14)17/h4-5,7,9H,6,8,10-13H2,1-3H3. The van der Waals surface area contributed by atoms with E-state index in [4.69, 9.17) is 0 Å². The van der Waals surface area contributed by atoms with E-state index in [1.807, 2.05) is 0 Å². The summed E-state index contributed by atoms with van der Waals surface area (Å²) in [5.74, 6) is 0. The van der Waals surface area contributed by atoms with Crippen LogP contribution in [0.15, 0.2) is 24.3 Å². The summed E-state index contributed by atoms with van der Waals surface area (Å²) in [7, 11) is 0. The van der Waals surface area contributed by atoms with Gasteiger partial charge in [-0.1, -0.05) is 61.0 Å². The van der Waals surface area contributed by atoms with Gasteiger partial charge in [0.15, 0.2) is 0 Å². The Morgan fingerprint density at radius 1 is 1.22 bits per heavy atom. The Morgan fingerprint density at radius 3 is 2.61 bits per heavy atom. The molecule has 1 aromatic rings. The molecule has 0 spiro atoms. The zero-order valence-electron chi connectivity index (χ0n) is 11.9. The molecule has 2 rings (SSSR count). The van der Waals surface area contributed by atoms with Crippen LogP contribution in [0.5, 0.6) is 0 Å². The molecule has 18 heavy (non-hydrogen) atoms. The van der Waals surface area contributed by atoms with Gasteiger partial charge in [0, 0.05) is 10.7 Å². The summed E-state index contributed by atoms with van der Waals surface area (Å²) in [6.45, 7) is 7.05. The number of hydrogen-bond donors (Lipinski definition) is 0. The molecule has 0 saturated heterocycles. The van der Waals surface area contributed by atoms with Crippen LogP contribution in [0.3, 0.4) is 0 Å². The maximum atomic E-state index is 3.81. The van der Waals surface area contributed by atoms with Gasteiger partial charge in [-0.3, -0.25) is 0 Å². The van der Waals surface area contributed by atoms with Gasteiger partial charge >= 0.3 is 0 Å². The minimum absolute atomic E-state index is 0.377. The van der Waals surface area contributed by atoms with E-state index in [9.17, 15) is 0 Å². The highest BCUT2D eigenvalue weighted by Crippen LogP contribution is 2.44. The van der Waals surface area contributed by atoms with Crippen molar-refractivity contribution in [2.24, 2.45) is 5.41 Å². The van der Waals surface area contributed by atoms with Gasteiger partial charge in [-0.15, -0.1) is 0 Å². The molecule has 100 valence electrons. The van der Waals surface area contributed by atoms with Crippen molar-refractivity contribution < 1.29 is 0 Å². The van der Waals surface area contributed by atoms with E-state index in [2.05, 4.69) is 61.0 Å². The maximum absolute atomic E-state index is 3.81. The van der Waals surface area contributed by atoms with E-state index in [1.165, 1.54) is 32.1 Å². The number of halogens is 1. The predicted octanol–water partition coefficient (Wildman–Crippen LogP) is 5.48. The highest BCUT2D eigenvalue weighted by molar-refractivity contribution is 9.09. The molecule has 0 N–H and O–H groups in total. The number of alkyl halides is 1. The van der Waals surface area contributed by atoms with E-state index in [-0.39, 0.29) is 0 Å². The Bertz CT molecular complexity index is 402. The van der Waals surface area contributed by atoms with E-state index < -0.39 is 0 Å². The molecular formula is C17H25Br. The van der Waals surface area contributed by atoms with Crippen LogP contribution in [0.2, 0.25) is 0 Å². The average Bonchev–Trinajstić information content (AvgIpc) is 2.35. The fourth-order valence-corrected chi connectivity index (χ4v) is 3.95. The molecule has 0 saturated carbocycles. The van der Waals surface area contributed by atoms with Crippen molar-refractivity contribution in [3.05, 3.63) is 35.4 Å². The lowest BCUT2D eigenvalue weighted by atomic mass is 9.67. The topological polar surface area (TPSA) is 0 Å². The van der Waals surface area contributed by atoms with Crippen LogP contribution in [0.25, 0.3) is 0 Å². The van der Waals surface area contributed by atoms with E-state index in [0.717, 1.165) is 5.33 Å². The summed E-state index contributed by atoms with van der Waals surface area (Å²) in [5, 5.41) is 1.10. The fourth-order valence-electron chi connectivity index (χ4n) is 3.09. The van der Waals surface area contributed by atoms with Crippen LogP contribution in [0.4, 0.5) is 0 Å². The van der Waals surface area contributed by atoms with E-state index >= 15 is 0 Å². The van der Waals surface area contributed by atoms with Gasteiger partial charge in [0.05, 0.1) is 0 Å². The first-order valence-corrected chi connectivity index (χ1v) is 8.23. The van der Waals surface area contributed by atoms with Gasteiger partial charge in [0.2, 0.25) is 0 Å². The molecule has 1 heteroatoms. The molecule has 1 aliphatic carbocycles. The van der Waals surface area contributed by atoms with Crippen LogP contribution in [-0.4, -0.2) is 5.33 Å². The minimum Gasteiger partial charge on any atom is -0.0918 e. The van der Waals surface area contributed by atoms with Crippen LogP contribution in [0, 0.1) is 5.41 Å². The van der Waals surface area contributed by atoms with Crippen molar-refractivity contribution in [2.45, 2.75) is 58.3 Å². The molecule has 1 atom stereocenters. The Labute approximate surface area is 120 Å². The molecule has 0 radical (unpaired) electrons. The average molecular weight is 309 g/mol. The summed E-state index contributed by atoms with van der Waals surface area (Å²) in [6.07, 6.45) is 6.55. The maximum Gasteiger partial charge on any atom is 0.0129 e. The Balaban J connectivity index is 2.28. The third-order valence-corrected chi connectivity index (χ3v) is 5.37. The van der Waals surface area contributed by atoms with Crippen LogP contribution in [0.1, 0.15) is 57.6 Å². The Kier molecular flexibility index (Phi) is 4.21. The van der Waals surface area contributed by atoms with Crippen molar-refractivity contribution in [2.75, 3.05) is 5.33 Å². The molecular weight excluding hydrogens is 284 g/mol. The van der Waals surface area contributed by atoms with Gasteiger partial charge in [-0.05, 0) is 48.6 Å².